The third-order valence-corrected chi connectivity index (χ3v) is 2.79. The van der Waals surface area contributed by atoms with Crippen molar-refractivity contribution < 1.29 is 18.0 Å². The molecule has 2 N–H and O–H groups in total. The maximum atomic E-state index is 13.4. The number of benzene rings is 2. The predicted molar refractivity (Wildman–Crippen MR) is 74.9 cm³/mol. The van der Waals surface area contributed by atoms with Crippen molar-refractivity contribution in [2.75, 3.05) is 17.2 Å². The monoisotopic (exact) mass is 294 g/mol. The van der Waals surface area contributed by atoms with E-state index in [1.54, 1.807) is 24.3 Å². The van der Waals surface area contributed by atoms with Crippen molar-refractivity contribution in [3.63, 3.8) is 0 Å². The third-order valence-electron chi connectivity index (χ3n) is 2.79. The van der Waals surface area contributed by atoms with Crippen LogP contribution in [-0.4, -0.2) is 12.5 Å². The number of hydrogen-bond acceptors (Lipinski definition) is 2. The Kier molecular flexibility index (Phi) is 4.47. The maximum absolute atomic E-state index is 13.4. The van der Waals surface area contributed by atoms with Gasteiger partial charge in [-0.1, -0.05) is 0 Å². The van der Waals surface area contributed by atoms with Crippen LogP contribution in [0.3, 0.4) is 0 Å². The molecule has 0 aliphatic carbocycles. The zero-order valence-corrected chi connectivity index (χ0v) is 11.2. The van der Waals surface area contributed by atoms with Gasteiger partial charge in [-0.05, 0) is 31.2 Å². The Morgan fingerprint density at radius 1 is 1.00 bits per heavy atom. The number of halogens is 3. The molecule has 1 amide bonds. The zero-order valence-electron chi connectivity index (χ0n) is 11.2. The average molecular weight is 294 g/mol. The summed E-state index contributed by atoms with van der Waals surface area (Å²) in [6, 6.07) is 7.48. The van der Waals surface area contributed by atoms with Gasteiger partial charge in [-0.3, -0.25) is 4.79 Å². The van der Waals surface area contributed by atoms with Gasteiger partial charge in [-0.2, -0.15) is 0 Å². The molecule has 0 aliphatic rings. The molecule has 0 saturated carbocycles. The van der Waals surface area contributed by atoms with Crippen LogP contribution in [0.1, 0.15) is 17.3 Å². The van der Waals surface area contributed by atoms with Gasteiger partial charge in [0, 0.05) is 29.9 Å². The number of amides is 1. The maximum Gasteiger partial charge on any atom is 0.255 e. The molecule has 3 nitrogen and oxygen atoms in total. The quantitative estimate of drug-likeness (QED) is 0.842. The summed E-state index contributed by atoms with van der Waals surface area (Å²) in [5, 5.41) is 5.27. The van der Waals surface area contributed by atoms with E-state index < -0.39 is 29.0 Å². The van der Waals surface area contributed by atoms with Crippen molar-refractivity contribution in [3.8, 4) is 0 Å². The zero-order chi connectivity index (χ0) is 15.4. The van der Waals surface area contributed by atoms with Crippen LogP contribution in [0, 0.1) is 17.5 Å². The van der Waals surface area contributed by atoms with Gasteiger partial charge in [0.2, 0.25) is 0 Å². The van der Waals surface area contributed by atoms with E-state index in [1.165, 1.54) is 0 Å². The van der Waals surface area contributed by atoms with Crippen molar-refractivity contribution in [1.29, 1.82) is 0 Å². The summed E-state index contributed by atoms with van der Waals surface area (Å²) in [6.07, 6.45) is 0. The largest absolute Gasteiger partial charge is 0.385 e. The smallest absolute Gasteiger partial charge is 0.255 e. The van der Waals surface area contributed by atoms with Gasteiger partial charge in [-0.25, -0.2) is 13.2 Å². The van der Waals surface area contributed by atoms with E-state index in [2.05, 4.69) is 10.6 Å². The first-order valence-corrected chi connectivity index (χ1v) is 6.31. The summed E-state index contributed by atoms with van der Waals surface area (Å²) in [5.74, 6) is -4.18. The van der Waals surface area contributed by atoms with Gasteiger partial charge in [0.05, 0.1) is 5.69 Å². The van der Waals surface area contributed by atoms with Crippen LogP contribution in [-0.2, 0) is 0 Å². The molecule has 2 rings (SSSR count). The SMILES string of the molecule is CCNc1ccc(C(=O)Nc2cc(F)c(F)cc2F)cc1. The number of anilines is 2. The molecule has 0 saturated heterocycles. The summed E-state index contributed by atoms with van der Waals surface area (Å²) in [7, 11) is 0. The van der Waals surface area contributed by atoms with Crippen molar-refractivity contribution in [3.05, 3.63) is 59.4 Å². The molecule has 0 atom stereocenters. The Morgan fingerprint density at radius 3 is 2.24 bits per heavy atom. The van der Waals surface area contributed by atoms with Crippen LogP contribution in [0.5, 0.6) is 0 Å². The second-order valence-corrected chi connectivity index (χ2v) is 4.31. The highest BCUT2D eigenvalue weighted by Crippen LogP contribution is 2.19. The lowest BCUT2D eigenvalue weighted by Gasteiger charge is -2.08. The number of carbonyl (C=O) groups excluding carboxylic acids is 1. The fourth-order valence-electron chi connectivity index (χ4n) is 1.76. The highest BCUT2D eigenvalue weighted by Gasteiger charge is 2.13. The van der Waals surface area contributed by atoms with E-state index in [1.807, 2.05) is 6.92 Å². The molecule has 21 heavy (non-hydrogen) atoms. The lowest BCUT2D eigenvalue weighted by Crippen LogP contribution is -2.13. The molecule has 0 unspecified atom stereocenters. The molecular weight excluding hydrogens is 281 g/mol. The standard InChI is InChI=1S/C15H13F3N2O/c1-2-19-10-5-3-9(4-6-10)15(21)20-14-8-12(17)11(16)7-13(14)18/h3-8,19H,2H2,1H3,(H,20,21). The van der Waals surface area contributed by atoms with E-state index in [-0.39, 0.29) is 5.56 Å². The van der Waals surface area contributed by atoms with Crippen molar-refractivity contribution in [1.82, 2.24) is 0 Å². The molecule has 0 radical (unpaired) electrons. The van der Waals surface area contributed by atoms with Crippen LogP contribution < -0.4 is 10.6 Å². The van der Waals surface area contributed by atoms with Gasteiger partial charge < -0.3 is 10.6 Å². The number of nitrogens with one attached hydrogen (secondary N) is 2. The molecule has 6 heteroatoms. The first-order valence-electron chi connectivity index (χ1n) is 6.31. The summed E-state index contributed by atoms with van der Waals surface area (Å²) >= 11 is 0. The molecular formula is C15H13F3N2O. The molecule has 0 aromatic heterocycles. The Bertz CT molecular complexity index is 657. The summed E-state index contributed by atoms with van der Waals surface area (Å²) in [5.41, 5.74) is 0.712. The molecule has 2 aromatic rings. The Balaban J connectivity index is 2.16. The summed E-state index contributed by atoms with van der Waals surface area (Å²) < 4.78 is 39.3. The van der Waals surface area contributed by atoms with Crippen molar-refractivity contribution in [2.45, 2.75) is 6.92 Å². The van der Waals surface area contributed by atoms with Crippen LogP contribution >= 0.6 is 0 Å². The molecule has 0 fully saturated rings. The van der Waals surface area contributed by atoms with Gasteiger partial charge in [0.25, 0.3) is 5.91 Å². The normalized spacial score (nSPS) is 10.3. The van der Waals surface area contributed by atoms with Gasteiger partial charge >= 0.3 is 0 Å². The van der Waals surface area contributed by atoms with Gasteiger partial charge in [0.15, 0.2) is 11.6 Å². The summed E-state index contributed by atoms with van der Waals surface area (Å²) in [4.78, 5) is 11.9. The Hall–Kier alpha value is -2.50. The number of hydrogen-bond donors (Lipinski definition) is 2. The highest BCUT2D eigenvalue weighted by molar-refractivity contribution is 6.04. The Labute approximate surface area is 119 Å². The molecule has 0 bridgehead atoms. The molecule has 2 aromatic carbocycles. The fourth-order valence-corrected chi connectivity index (χ4v) is 1.76. The molecule has 0 heterocycles. The van der Waals surface area contributed by atoms with E-state index in [9.17, 15) is 18.0 Å². The van der Waals surface area contributed by atoms with Crippen molar-refractivity contribution >= 4 is 17.3 Å². The number of rotatable bonds is 4. The lowest BCUT2D eigenvalue weighted by molar-refractivity contribution is 0.102. The predicted octanol–water partition coefficient (Wildman–Crippen LogP) is 3.79. The fraction of sp³-hybridized carbons (Fsp3) is 0.133. The van der Waals surface area contributed by atoms with Gasteiger partial charge in [0.1, 0.15) is 5.82 Å². The number of carbonyl (C=O) groups is 1. The minimum atomic E-state index is -1.31. The first-order chi connectivity index (χ1) is 10.0. The van der Waals surface area contributed by atoms with Gasteiger partial charge in [-0.15, -0.1) is 0 Å². The first kappa shape index (κ1) is 14.9. The summed E-state index contributed by atoms with van der Waals surface area (Å²) in [6.45, 7) is 2.68. The highest BCUT2D eigenvalue weighted by atomic mass is 19.2. The average Bonchev–Trinajstić information content (AvgIpc) is 2.46. The second-order valence-electron chi connectivity index (χ2n) is 4.31. The Morgan fingerprint density at radius 2 is 1.62 bits per heavy atom. The van der Waals surface area contributed by atoms with Crippen LogP contribution in [0.25, 0.3) is 0 Å². The molecule has 110 valence electrons. The van der Waals surface area contributed by atoms with E-state index in [0.717, 1.165) is 12.2 Å². The topological polar surface area (TPSA) is 41.1 Å². The van der Waals surface area contributed by atoms with E-state index in [4.69, 9.17) is 0 Å². The van der Waals surface area contributed by atoms with Crippen LogP contribution in [0.15, 0.2) is 36.4 Å². The minimum absolute atomic E-state index is 0.279. The second kappa shape index (κ2) is 6.30. The van der Waals surface area contributed by atoms with E-state index >= 15 is 0 Å². The van der Waals surface area contributed by atoms with Crippen LogP contribution in [0.4, 0.5) is 24.5 Å². The minimum Gasteiger partial charge on any atom is -0.385 e. The van der Waals surface area contributed by atoms with E-state index in [0.29, 0.717) is 12.1 Å². The molecule has 0 spiro atoms. The van der Waals surface area contributed by atoms with Crippen LogP contribution in [0.2, 0.25) is 0 Å². The lowest BCUT2D eigenvalue weighted by atomic mass is 10.2. The third kappa shape index (κ3) is 3.53. The molecule has 0 aliphatic heterocycles. The van der Waals surface area contributed by atoms with Crippen molar-refractivity contribution in [2.24, 2.45) is 0 Å².